The van der Waals surface area contributed by atoms with Crippen molar-refractivity contribution in [3.05, 3.63) is 30.1 Å². The van der Waals surface area contributed by atoms with Gasteiger partial charge < -0.3 is 15.3 Å². The second-order valence-electron chi connectivity index (χ2n) is 4.77. The molecule has 0 bridgehead atoms. The predicted octanol–water partition coefficient (Wildman–Crippen LogP) is 1.72. The third kappa shape index (κ3) is 5.69. The maximum atomic E-state index is 11.9. The van der Waals surface area contributed by atoms with Crippen molar-refractivity contribution in [2.45, 2.75) is 26.3 Å². The normalized spacial score (nSPS) is 11.7. The van der Waals surface area contributed by atoms with Crippen LogP contribution < -0.4 is 5.32 Å². The third-order valence-corrected chi connectivity index (χ3v) is 3.10. The molecule has 1 unspecified atom stereocenters. The van der Waals surface area contributed by atoms with Crippen molar-refractivity contribution in [2.75, 3.05) is 13.6 Å². The van der Waals surface area contributed by atoms with Crippen LogP contribution in [0.2, 0.25) is 0 Å². The first-order valence-electron chi connectivity index (χ1n) is 6.62. The minimum atomic E-state index is -0.837. The number of hydrogen-bond acceptors (Lipinski definition) is 3. The number of carbonyl (C=O) groups is 2. The van der Waals surface area contributed by atoms with E-state index >= 15 is 0 Å². The smallest absolute Gasteiger partial charge is 0.317 e. The van der Waals surface area contributed by atoms with Crippen molar-refractivity contribution < 1.29 is 14.7 Å². The monoisotopic (exact) mass is 279 g/mol. The SMILES string of the molecule is CCC(CNC(=O)N(C)Cc1ccncc1)CC(=O)O. The fraction of sp³-hybridized carbons (Fsp3) is 0.500. The zero-order valence-corrected chi connectivity index (χ0v) is 11.9. The number of hydrogen-bond donors (Lipinski definition) is 2. The number of urea groups is 1. The molecular formula is C14H21N3O3. The summed E-state index contributed by atoms with van der Waals surface area (Å²) < 4.78 is 0. The summed E-state index contributed by atoms with van der Waals surface area (Å²) in [5.41, 5.74) is 0.996. The molecule has 0 fully saturated rings. The van der Waals surface area contributed by atoms with Crippen molar-refractivity contribution in [3.63, 3.8) is 0 Å². The average molecular weight is 279 g/mol. The lowest BCUT2D eigenvalue weighted by atomic mass is 10.0. The number of aliphatic carboxylic acids is 1. The van der Waals surface area contributed by atoms with Crippen LogP contribution in [0, 0.1) is 5.92 Å². The summed E-state index contributed by atoms with van der Waals surface area (Å²) in [7, 11) is 1.70. The molecule has 0 radical (unpaired) electrons. The molecule has 110 valence electrons. The van der Waals surface area contributed by atoms with Gasteiger partial charge in [-0.15, -0.1) is 0 Å². The number of carbonyl (C=O) groups excluding carboxylic acids is 1. The molecule has 1 rings (SSSR count). The van der Waals surface area contributed by atoms with Crippen LogP contribution in [-0.2, 0) is 11.3 Å². The molecule has 0 saturated heterocycles. The van der Waals surface area contributed by atoms with Crippen molar-refractivity contribution in [3.8, 4) is 0 Å². The minimum absolute atomic E-state index is 0.0363. The Kier molecular flexibility index (Phi) is 6.49. The van der Waals surface area contributed by atoms with Crippen LogP contribution in [0.4, 0.5) is 4.79 Å². The van der Waals surface area contributed by atoms with Crippen molar-refractivity contribution in [2.24, 2.45) is 5.92 Å². The van der Waals surface area contributed by atoms with E-state index in [2.05, 4.69) is 10.3 Å². The van der Waals surface area contributed by atoms with E-state index in [1.165, 1.54) is 0 Å². The molecule has 1 aromatic heterocycles. The fourth-order valence-corrected chi connectivity index (χ4v) is 1.81. The van der Waals surface area contributed by atoms with Crippen LogP contribution in [0.1, 0.15) is 25.3 Å². The molecule has 2 N–H and O–H groups in total. The molecule has 1 atom stereocenters. The first-order valence-corrected chi connectivity index (χ1v) is 6.62. The highest BCUT2D eigenvalue weighted by Gasteiger charge is 2.14. The maximum absolute atomic E-state index is 11.9. The molecule has 6 heteroatoms. The number of aromatic nitrogens is 1. The second-order valence-corrected chi connectivity index (χ2v) is 4.77. The maximum Gasteiger partial charge on any atom is 0.317 e. The van der Waals surface area contributed by atoms with Gasteiger partial charge in [-0.1, -0.05) is 13.3 Å². The van der Waals surface area contributed by atoms with Gasteiger partial charge in [-0.3, -0.25) is 9.78 Å². The van der Waals surface area contributed by atoms with E-state index in [4.69, 9.17) is 5.11 Å². The number of carboxylic acids is 1. The molecule has 0 aliphatic rings. The first-order chi connectivity index (χ1) is 9.52. The zero-order chi connectivity index (χ0) is 15.0. The Balaban J connectivity index is 2.39. The second kappa shape index (κ2) is 8.14. The molecule has 1 heterocycles. The fourth-order valence-electron chi connectivity index (χ4n) is 1.81. The Bertz CT molecular complexity index is 437. The van der Waals surface area contributed by atoms with Gasteiger partial charge in [0.15, 0.2) is 0 Å². The highest BCUT2D eigenvalue weighted by atomic mass is 16.4. The van der Waals surface area contributed by atoms with E-state index in [9.17, 15) is 9.59 Å². The van der Waals surface area contributed by atoms with Crippen molar-refractivity contribution in [1.29, 1.82) is 0 Å². The number of rotatable bonds is 7. The summed E-state index contributed by atoms with van der Waals surface area (Å²) in [5.74, 6) is -0.873. The van der Waals surface area contributed by atoms with E-state index in [0.717, 1.165) is 12.0 Å². The Morgan fingerprint density at radius 2 is 2.05 bits per heavy atom. The Hall–Kier alpha value is -2.11. The van der Waals surface area contributed by atoms with Crippen molar-refractivity contribution >= 4 is 12.0 Å². The Morgan fingerprint density at radius 3 is 2.60 bits per heavy atom. The van der Waals surface area contributed by atoms with E-state index in [-0.39, 0.29) is 18.4 Å². The summed E-state index contributed by atoms with van der Waals surface area (Å²) in [4.78, 5) is 28.0. The van der Waals surface area contributed by atoms with Gasteiger partial charge in [0.1, 0.15) is 0 Å². The number of carboxylic acid groups (broad SMARTS) is 1. The van der Waals surface area contributed by atoms with Gasteiger partial charge in [-0.05, 0) is 23.6 Å². The van der Waals surface area contributed by atoms with Crippen LogP contribution in [0.15, 0.2) is 24.5 Å². The molecule has 0 spiro atoms. The number of nitrogens with one attached hydrogen (secondary N) is 1. The zero-order valence-electron chi connectivity index (χ0n) is 11.9. The molecule has 0 aliphatic heterocycles. The van der Waals surface area contributed by atoms with E-state index in [1.807, 2.05) is 19.1 Å². The van der Waals surface area contributed by atoms with Gasteiger partial charge in [-0.2, -0.15) is 0 Å². The molecule has 0 aliphatic carbocycles. The topological polar surface area (TPSA) is 82.5 Å². The number of nitrogens with zero attached hydrogens (tertiary/aromatic N) is 2. The standard InChI is InChI=1S/C14H21N3O3/c1-3-11(8-13(18)19)9-16-14(20)17(2)10-12-4-6-15-7-5-12/h4-7,11H,3,8-10H2,1-2H3,(H,16,20)(H,18,19). The summed E-state index contributed by atoms with van der Waals surface area (Å²) in [5, 5.41) is 11.5. The van der Waals surface area contributed by atoms with Gasteiger partial charge in [0.2, 0.25) is 0 Å². The Morgan fingerprint density at radius 1 is 1.40 bits per heavy atom. The lowest BCUT2D eigenvalue weighted by Crippen LogP contribution is -2.39. The van der Waals surface area contributed by atoms with Crippen LogP contribution in [0.5, 0.6) is 0 Å². The van der Waals surface area contributed by atoms with E-state index in [1.54, 1.807) is 24.3 Å². The average Bonchev–Trinajstić information content (AvgIpc) is 2.43. The summed E-state index contributed by atoms with van der Waals surface area (Å²) in [6.45, 7) is 2.78. The molecule has 1 aromatic rings. The minimum Gasteiger partial charge on any atom is -0.481 e. The van der Waals surface area contributed by atoms with Crippen molar-refractivity contribution in [1.82, 2.24) is 15.2 Å². The molecular weight excluding hydrogens is 258 g/mol. The lowest BCUT2D eigenvalue weighted by molar-refractivity contribution is -0.138. The van der Waals surface area contributed by atoms with Crippen LogP contribution in [-0.4, -0.2) is 40.6 Å². The first kappa shape index (κ1) is 15.9. The van der Waals surface area contributed by atoms with Gasteiger partial charge in [-0.25, -0.2) is 4.79 Å². The molecule has 2 amide bonds. The van der Waals surface area contributed by atoms with Gasteiger partial charge in [0.25, 0.3) is 0 Å². The number of amides is 2. The number of pyridine rings is 1. The highest BCUT2D eigenvalue weighted by Crippen LogP contribution is 2.07. The largest absolute Gasteiger partial charge is 0.481 e. The highest BCUT2D eigenvalue weighted by molar-refractivity contribution is 5.74. The van der Waals surface area contributed by atoms with Crippen LogP contribution in [0.25, 0.3) is 0 Å². The van der Waals surface area contributed by atoms with Crippen LogP contribution in [0.3, 0.4) is 0 Å². The van der Waals surface area contributed by atoms with Crippen LogP contribution >= 0.6 is 0 Å². The summed E-state index contributed by atoms with van der Waals surface area (Å²) >= 11 is 0. The van der Waals surface area contributed by atoms with Gasteiger partial charge >= 0.3 is 12.0 Å². The molecule has 20 heavy (non-hydrogen) atoms. The Labute approximate surface area is 118 Å². The summed E-state index contributed by atoms with van der Waals surface area (Å²) in [6, 6.07) is 3.50. The molecule has 0 aromatic carbocycles. The lowest BCUT2D eigenvalue weighted by Gasteiger charge is -2.20. The van der Waals surface area contributed by atoms with Gasteiger partial charge in [0.05, 0.1) is 0 Å². The van der Waals surface area contributed by atoms with E-state index < -0.39 is 5.97 Å². The summed E-state index contributed by atoms with van der Waals surface area (Å²) in [6.07, 6.45) is 4.16. The molecule has 6 nitrogen and oxygen atoms in total. The molecule has 0 saturated carbocycles. The van der Waals surface area contributed by atoms with Gasteiger partial charge in [0, 0.05) is 39.0 Å². The third-order valence-electron chi connectivity index (χ3n) is 3.10. The van der Waals surface area contributed by atoms with E-state index in [0.29, 0.717) is 13.1 Å². The predicted molar refractivity (Wildman–Crippen MR) is 75.1 cm³/mol. The quantitative estimate of drug-likeness (QED) is 0.796.